The van der Waals surface area contributed by atoms with Gasteiger partial charge in [-0.3, -0.25) is 0 Å². The van der Waals surface area contributed by atoms with Crippen LogP contribution in [0.25, 0.3) is 0 Å². The number of hydrogen-bond acceptors (Lipinski definition) is 4. The Labute approximate surface area is 195 Å². The molecule has 0 aromatic heterocycles. The number of unbranched alkanes of at least 4 members (excludes halogenated alkanes) is 3. The first-order valence-electron chi connectivity index (χ1n) is 13.2. The maximum absolute atomic E-state index is 11.8. The summed E-state index contributed by atoms with van der Waals surface area (Å²) < 4.78 is 0. The number of amides is 4. The molecule has 2 saturated heterocycles. The van der Waals surface area contributed by atoms with Crippen molar-refractivity contribution < 1.29 is 9.59 Å². The average Bonchev–Trinajstić information content (AvgIpc) is 2.82. The Bertz CT molecular complexity index is 449. The summed E-state index contributed by atoms with van der Waals surface area (Å²) in [7, 11) is 0. The fourth-order valence-electron chi connectivity index (χ4n) is 4.51. The highest BCUT2D eigenvalue weighted by molar-refractivity contribution is 5.74. The van der Waals surface area contributed by atoms with E-state index in [0.717, 1.165) is 64.7 Å². The molecule has 0 saturated carbocycles. The lowest BCUT2D eigenvalue weighted by atomic mass is 10.1. The molecule has 2 aliphatic rings. The second kappa shape index (κ2) is 18.0. The van der Waals surface area contributed by atoms with E-state index in [1.807, 2.05) is 0 Å². The molecule has 0 spiro atoms. The molecule has 2 rings (SSSR count). The Morgan fingerprint density at radius 1 is 0.469 bits per heavy atom. The normalized spacial score (nSPS) is 17.6. The maximum Gasteiger partial charge on any atom is 0.314 e. The van der Waals surface area contributed by atoms with E-state index in [4.69, 9.17) is 0 Å². The highest BCUT2D eigenvalue weighted by Crippen LogP contribution is 2.09. The van der Waals surface area contributed by atoms with E-state index in [0.29, 0.717) is 13.1 Å². The van der Waals surface area contributed by atoms with Gasteiger partial charge in [-0.05, 0) is 90.6 Å². The molecule has 0 radical (unpaired) electrons. The first kappa shape index (κ1) is 26.7. The number of nitrogens with one attached hydrogen (secondary N) is 4. The molecule has 0 aliphatic carbocycles. The van der Waals surface area contributed by atoms with Gasteiger partial charge in [0.2, 0.25) is 0 Å². The first-order chi connectivity index (χ1) is 15.7. The predicted molar refractivity (Wildman–Crippen MR) is 131 cm³/mol. The molecular weight excluding hydrogens is 404 g/mol. The van der Waals surface area contributed by atoms with Crippen molar-refractivity contribution in [1.29, 1.82) is 0 Å². The maximum atomic E-state index is 11.8. The third-order valence-corrected chi connectivity index (χ3v) is 6.45. The van der Waals surface area contributed by atoms with E-state index >= 15 is 0 Å². The van der Waals surface area contributed by atoms with E-state index in [1.54, 1.807) is 0 Å². The topological polar surface area (TPSA) is 88.7 Å². The largest absolute Gasteiger partial charge is 0.338 e. The van der Waals surface area contributed by atoms with Crippen molar-refractivity contribution in [2.45, 2.75) is 77.0 Å². The molecule has 0 bridgehead atoms. The van der Waals surface area contributed by atoms with Crippen LogP contribution in [0.1, 0.15) is 77.0 Å². The zero-order valence-corrected chi connectivity index (χ0v) is 20.3. The minimum absolute atomic E-state index is 0.0535. The number of nitrogens with zero attached hydrogens (tertiary/aromatic N) is 2. The summed E-state index contributed by atoms with van der Waals surface area (Å²) in [5.74, 6) is 0. The van der Waals surface area contributed by atoms with Crippen molar-refractivity contribution in [3.05, 3.63) is 0 Å². The minimum Gasteiger partial charge on any atom is -0.338 e. The number of carbonyl (C=O) groups is 2. The van der Waals surface area contributed by atoms with Crippen LogP contribution in [0.5, 0.6) is 0 Å². The average molecular weight is 453 g/mol. The lowest BCUT2D eigenvalue weighted by Gasteiger charge is -2.26. The quantitative estimate of drug-likeness (QED) is 0.288. The van der Waals surface area contributed by atoms with Gasteiger partial charge in [0.1, 0.15) is 0 Å². The minimum atomic E-state index is -0.0535. The molecule has 186 valence electrons. The predicted octanol–water partition coefficient (Wildman–Crippen LogP) is 2.90. The van der Waals surface area contributed by atoms with Crippen molar-refractivity contribution in [3.63, 3.8) is 0 Å². The van der Waals surface area contributed by atoms with E-state index in [2.05, 4.69) is 31.1 Å². The van der Waals surface area contributed by atoms with Gasteiger partial charge in [0.05, 0.1) is 0 Å². The highest BCUT2D eigenvalue weighted by atomic mass is 16.2. The van der Waals surface area contributed by atoms with Crippen LogP contribution in [-0.2, 0) is 0 Å². The van der Waals surface area contributed by atoms with E-state index in [-0.39, 0.29) is 12.1 Å². The van der Waals surface area contributed by atoms with Gasteiger partial charge in [0.15, 0.2) is 0 Å². The third kappa shape index (κ3) is 13.8. The van der Waals surface area contributed by atoms with Gasteiger partial charge in [0.25, 0.3) is 0 Å². The van der Waals surface area contributed by atoms with Crippen molar-refractivity contribution in [2.24, 2.45) is 0 Å². The van der Waals surface area contributed by atoms with Crippen LogP contribution in [0, 0.1) is 0 Å². The second-order valence-corrected chi connectivity index (χ2v) is 9.29. The lowest BCUT2D eigenvalue weighted by Crippen LogP contribution is -2.38. The van der Waals surface area contributed by atoms with Crippen molar-refractivity contribution in [1.82, 2.24) is 31.1 Å². The number of hydrogen-bond donors (Lipinski definition) is 4. The molecule has 2 aliphatic heterocycles. The fraction of sp³-hybridized carbons (Fsp3) is 0.917. The zero-order valence-electron chi connectivity index (χ0n) is 20.3. The monoisotopic (exact) mass is 452 g/mol. The zero-order chi connectivity index (χ0) is 22.7. The Balaban J connectivity index is 1.28. The summed E-state index contributed by atoms with van der Waals surface area (Å²) in [6.07, 6.45) is 14.1. The smallest absolute Gasteiger partial charge is 0.314 e. The number of carbonyl (C=O) groups excluding carboxylic acids is 2. The molecule has 0 unspecified atom stereocenters. The summed E-state index contributed by atoms with van der Waals surface area (Å²) >= 11 is 0. The van der Waals surface area contributed by atoms with Crippen LogP contribution < -0.4 is 21.3 Å². The van der Waals surface area contributed by atoms with Gasteiger partial charge in [-0.1, -0.05) is 25.7 Å². The van der Waals surface area contributed by atoms with Gasteiger partial charge in [-0.15, -0.1) is 0 Å². The molecule has 0 aromatic carbocycles. The van der Waals surface area contributed by atoms with Gasteiger partial charge >= 0.3 is 12.1 Å². The lowest BCUT2D eigenvalue weighted by molar-refractivity contribution is 0.222. The van der Waals surface area contributed by atoms with Gasteiger partial charge < -0.3 is 31.1 Å². The van der Waals surface area contributed by atoms with Crippen LogP contribution in [0.2, 0.25) is 0 Å². The molecule has 4 N–H and O–H groups in total. The summed E-state index contributed by atoms with van der Waals surface area (Å²) in [5.41, 5.74) is 0. The second-order valence-electron chi connectivity index (χ2n) is 9.29. The molecular formula is C24H48N6O2. The fourth-order valence-corrected chi connectivity index (χ4v) is 4.51. The summed E-state index contributed by atoms with van der Waals surface area (Å²) in [6.45, 7) is 9.94. The van der Waals surface area contributed by atoms with Crippen LogP contribution in [0.4, 0.5) is 9.59 Å². The molecule has 2 heterocycles. The van der Waals surface area contributed by atoms with Crippen LogP contribution in [-0.4, -0.2) is 87.3 Å². The third-order valence-electron chi connectivity index (χ3n) is 6.45. The van der Waals surface area contributed by atoms with E-state index < -0.39 is 0 Å². The molecule has 4 amide bonds. The Morgan fingerprint density at radius 3 is 1.19 bits per heavy atom. The Kier molecular flexibility index (Phi) is 15.0. The number of rotatable bonds is 15. The van der Waals surface area contributed by atoms with Crippen molar-refractivity contribution in [3.8, 4) is 0 Å². The Hall–Kier alpha value is -1.54. The highest BCUT2D eigenvalue weighted by Gasteiger charge is 2.10. The Morgan fingerprint density at radius 2 is 0.812 bits per heavy atom. The first-order valence-corrected chi connectivity index (χ1v) is 13.2. The van der Waals surface area contributed by atoms with Gasteiger partial charge in [-0.25, -0.2) is 9.59 Å². The van der Waals surface area contributed by atoms with Gasteiger partial charge in [-0.2, -0.15) is 0 Å². The molecule has 32 heavy (non-hydrogen) atoms. The number of likely N-dealkylation sites (tertiary alicyclic amines) is 2. The standard InChI is InChI=1S/C24H48N6O2/c31-23(27-15-11-21-29-17-7-3-8-18-29)25-13-5-1-2-6-14-26-24(32)28-16-12-22-30-19-9-4-10-20-30/h1-22H2,(H2,25,27,31)(H2,26,28,32). The van der Waals surface area contributed by atoms with Crippen LogP contribution in [0.15, 0.2) is 0 Å². The van der Waals surface area contributed by atoms with Crippen LogP contribution in [0.3, 0.4) is 0 Å². The summed E-state index contributed by atoms with van der Waals surface area (Å²) in [6, 6.07) is -0.107. The molecule has 8 heteroatoms. The van der Waals surface area contributed by atoms with Gasteiger partial charge in [0, 0.05) is 26.2 Å². The summed E-state index contributed by atoms with van der Waals surface area (Å²) in [5, 5.41) is 11.8. The SMILES string of the molecule is O=C(NCCCCCCNC(=O)NCCCN1CCCCC1)NCCCN1CCCCC1. The number of piperidine rings is 2. The van der Waals surface area contributed by atoms with E-state index in [1.165, 1.54) is 64.7 Å². The molecule has 0 aromatic rings. The van der Waals surface area contributed by atoms with Crippen LogP contribution >= 0.6 is 0 Å². The summed E-state index contributed by atoms with van der Waals surface area (Å²) in [4.78, 5) is 28.6. The molecule has 2 fully saturated rings. The molecule has 8 nitrogen and oxygen atoms in total. The molecule has 0 atom stereocenters. The van der Waals surface area contributed by atoms with Crippen molar-refractivity contribution >= 4 is 12.1 Å². The van der Waals surface area contributed by atoms with E-state index in [9.17, 15) is 9.59 Å². The number of urea groups is 2. The van der Waals surface area contributed by atoms with Crippen molar-refractivity contribution in [2.75, 3.05) is 65.4 Å².